The number of aryl methyl sites for hydroxylation is 2. The summed E-state index contributed by atoms with van der Waals surface area (Å²) >= 11 is 0. The van der Waals surface area contributed by atoms with Crippen molar-refractivity contribution in [1.29, 1.82) is 0 Å². The van der Waals surface area contributed by atoms with Crippen molar-refractivity contribution in [2.45, 2.75) is 6.92 Å². The predicted molar refractivity (Wildman–Crippen MR) is 76.3 cm³/mol. The highest BCUT2D eigenvalue weighted by Crippen LogP contribution is 2.28. The minimum Gasteiger partial charge on any atom is -0.478 e. The highest BCUT2D eigenvalue weighted by atomic mass is 16.4. The fourth-order valence-electron chi connectivity index (χ4n) is 2.13. The summed E-state index contributed by atoms with van der Waals surface area (Å²) in [4.78, 5) is 26.1. The van der Waals surface area contributed by atoms with Gasteiger partial charge in [-0.3, -0.25) is 4.68 Å². The topological polar surface area (TPSA) is 135 Å². The lowest BCUT2D eigenvalue weighted by molar-refractivity contribution is 0.0697. The number of carbonyl (C=O) groups is 2. The number of anilines is 1. The molecule has 0 fully saturated rings. The summed E-state index contributed by atoms with van der Waals surface area (Å²) in [5, 5.41) is 19.6. The van der Waals surface area contributed by atoms with Crippen LogP contribution in [0.2, 0.25) is 0 Å². The minimum atomic E-state index is -1.09. The van der Waals surface area contributed by atoms with E-state index in [1.54, 1.807) is 18.7 Å². The van der Waals surface area contributed by atoms with Gasteiger partial charge in [0.15, 0.2) is 5.65 Å². The number of nitrogens with one attached hydrogen (secondary N) is 2. The number of primary amides is 1. The number of carbonyl (C=O) groups excluding carboxylic acids is 1. The molecule has 2 aromatic heterocycles. The number of hydrogen-bond donors (Lipinski definition) is 4. The van der Waals surface area contributed by atoms with Gasteiger partial charge in [0.2, 0.25) is 0 Å². The molecule has 0 spiro atoms. The first-order chi connectivity index (χ1) is 9.91. The molecule has 0 aromatic carbocycles. The van der Waals surface area contributed by atoms with Crippen LogP contribution in [-0.4, -0.2) is 45.0 Å². The Kier molecular flexibility index (Phi) is 3.92. The zero-order valence-corrected chi connectivity index (χ0v) is 11.7. The van der Waals surface area contributed by atoms with Crippen molar-refractivity contribution in [3.05, 3.63) is 17.5 Å². The Bertz CT molecular complexity index is 709. The SMILES string of the molecule is Cc1nn(C)c2ncc(C(=O)O)c(NCCNC(N)=O)c12. The molecule has 0 aliphatic carbocycles. The molecular weight excluding hydrogens is 276 g/mol. The maximum atomic E-state index is 11.3. The van der Waals surface area contributed by atoms with Crippen LogP contribution in [0.15, 0.2) is 6.20 Å². The van der Waals surface area contributed by atoms with Gasteiger partial charge in [0, 0.05) is 26.3 Å². The highest BCUT2D eigenvalue weighted by Gasteiger charge is 2.18. The smallest absolute Gasteiger partial charge is 0.339 e. The van der Waals surface area contributed by atoms with E-state index in [0.29, 0.717) is 29.0 Å². The van der Waals surface area contributed by atoms with E-state index < -0.39 is 12.0 Å². The van der Waals surface area contributed by atoms with E-state index in [-0.39, 0.29) is 12.1 Å². The van der Waals surface area contributed by atoms with Crippen LogP contribution in [0.25, 0.3) is 11.0 Å². The standard InChI is InChI=1S/C12H16N6O3/c1-6-8-9(14-3-4-15-12(13)21)7(11(19)20)5-16-10(8)18(2)17-6/h5H,3-4H2,1-2H3,(H,14,16)(H,19,20)(H3,13,15,21). The molecule has 0 bridgehead atoms. The molecule has 0 unspecified atom stereocenters. The largest absolute Gasteiger partial charge is 0.478 e. The second kappa shape index (κ2) is 5.65. The van der Waals surface area contributed by atoms with Crippen molar-refractivity contribution in [3.63, 3.8) is 0 Å². The van der Waals surface area contributed by atoms with Crippen LogP contribution in [0.5, 0.6) is 0 Å². The number of urea groups is 1. The van der Waals surface area contributed by atoms with Crippen molar-refractivity contribution in [2.24, 2.45) is 12.8 Å². The lowest BCUT2D eigenvalue weighted by atomic mass is 10.1. The molecule has 0 saturated carbocycles. The molecule has 0 radical (unpaired) electrons. The number of amides is 2. The van der Waals surface area contributed by atoms with Crippen molar-refractivity contribution in [1.82, 2.24) is 20.1 Å². The van der Waals surface area contributed by atoms with Crippen molar-refractivity contribution >= 4 is 28.7 Å². The van der Waals surface area contributed by atoms with Crippen LogP contribution in [0.1, 0.15) is 16.1 Å². The number of aromatic nitrogens is 3. The molecular formula is C12H16N6O3. The summed E-state index contributed by atoms with van der Waals surface area (Å²) in [7, 11) is 1.74. The summed E-state index contributed by atoms with van der Waals surface area (Å²) in [6, 6.07) is -0.632. The maximum absolute atomic E-state index is 11.3. The zero-order chi connectivity index (χ0) is 15.6. The number of hydrogen-bond acceptors (Lipinski definition) is 5. The van der Waals surface area contributed by atoms with Gasteiger partial charge in [0.1, 0.15) is 5.56 Å². The highest BCUT2D eigenvalue weighted by molar-refractivity contribution is 6.04. The van der Waals surface area contributed by atoms with Gasteiger partial charge < -0.3 is 21.5 Å². The van der Waals surface area contributed by atoms with Crippen LogP contribution in [0, 0.1) is 6.92 Å². The second-order valence-corrected chi connectivity index (χ2v) is 4.48. The van der Waals surface area contributed by atoms with Crippen LogP contribution in [0.3, 0.4) is 0 Å². The lowest BCUT2D eigenvalue weighted by Gasteiger charge is -2.11. The van der Waals surface area contributed by atoms with Gasteiger partial charge in [-0.2, -0.15) is 5.10 Å². The van der Waals surface area contributed by atoms with E-state index in [9.17, 15) is 14.7 Å². The molecule has 0 atom stereocenters. The Morgan fingerprint density at radius 2 is 2.14 bits per heavy atom. The first-order valence-corrected chi connectivity index (χ1v) is 6.24. The molecule has 112 valence electrons. The molecule has 21 heavy (non-hydrogen) atoms. The van der Waals surface area contributed by atoms with Crippen LogP contribution >= 0.6 is 0 Å². The molecule has 5 N–H and O–H groups in total. The minimum absolute atomic E-state index is 0.0534. The lowest BCUT2D eigenvalue weighted by Crippen LogP contribution is -2.33. The predicted octanol–water partition coefficient (Wildman–Crippen LogP) is 0.0551. The summed E-state index contributed by atoms with van der Waals surface area (Å²) < 4.78 is 1.59. The van der Waals surface area contributed by atoms with Crippen molar-refractivity contribution in [3.8, 4) is 0 Å². The Morgan fingerprint density at radius 1 is 1.43 bits per heavy atom. The molecule has 9 heteroatoms. The average molecular weight is 292 g/mol. The monoisotopic (exact) mass is 292 g/mol. The molecule has 0 aliphatic rings. The number of aromatic carboxylic acids is 1. The fraction of sp³-hybridized carbons (Fsp3) is 0.333. The molecule has 2 heterocycles. The van der Waals surface area contributed by atoms with Crippen molar-refractivity contribution in [2.75, 3.05) is 18.4 Å². The number of rotatable bonds is 5. The molecule has 0 saturated heterocycles. The Balaban J connectivity index is 2.39. The first-order valence-electron chi connectivity index (χ1n) is 6.24. The third-order valence-electron chi connectivity index (χ3n) is 2.98. The van der Waals surface area contributed by atoms with Gasteiger partial charge in [-0.05, 0) is 6.92 Å². The van der Waals surface area contributed by atoms with E-state index in [2.05, 4.69) is 20.7 Å². The summed E-state index contributed by atoms with van der Waals surface area (Å²) in [6.07, 6.45) is 1.29. The Labute approximate surface area is 120 Å². The van der Waals surface area contributed by atoms with Gasteiger partial charge in [-0.15, -0.1) is 0 Å². The average Bonchev–Trinajstić information content (AvgIpc) is 2.69. The third-order valence-corrected chi connectivity index (χ3v) is 2.98. The third kappa shape index (κ3) is 2.86. The molecule has 2 rings (SSSR count). The fourth-order valence-corrected chi connectivity index (χ4v) is 2.13. The summed E-state index contributed by atoms with van der Waals surface area (Å²) in [5.41, 5.74) is 6.72. The maximum Gasteiger partial charge on any atom is 0.339 e. The quantitative estimate of drug-likeness (QED) is 0.575. The van der Waals surface area contributed by atoms with Crippen LogP contribution in [-0.2, 0) is 7.05 Å². The van der Waals surface area contributed by atoms with Gasteiger partial charge in [-0.1, -0.05) is 0 Å². The Hall–Kier alpha value is -2.84. The number of carboxylic acids is 1. The number of nitrogens with zero attached hydrogens (tertiary/aromatic N) is 3. The number of pyridine rings is 1. The van der Waals surface area contributed by atoms with Crippen LogP contribution < -0.4 is 16.4 Å². The van der Waals surface area contributed by atoms with E-state index >= 15 is 0 Å². The van der Waals surface area contributed by atoms with Gasteiger partial charge in [-0.25, -0.2) is 14.6 Å². The number of carboxylic acid groups (broad SMARTS) is 1. The second-order valence-electron chi connectivity index (χ2n) is 4.48. The summed E-state index contributed by atoms with van der Waals surface area (Å²) in [6.45, 7) is 2.39. The molecule has 2 aromatic rings. The molecule has 9 nitrogen and oxygen atoms in total. The van der Waals surface area contributed by atoms with Crippen molar-refractivity contribution < 1.29 is 14.7 Å². The summed E-state index contributed by atoms with van der Waals surface area (Å²) in [5.74, 6) is -1.09. The molecule has 0 aliphatic heterocycles. The van der Waals surface area contributed by atoms with Gasteiger partial charge in [0.05, 0.1) is 16.8 Å². The van der Waals surface area contributed by atoms with Gasteiger partial charge >= 0.3 is 12.0 Å². The number of nitrogens with two attached hydrogens (primary N) is 1. The normalized spacial score (nSPS) is 10.6. The van der Waals surface area contributed by atoms with Crippen LogP contribution in [0.4, 0.5) is 10.5 Å². The van der Waals surface area contributed by atoms with E-state index in [1.807, 2.05) is 0 Å². The van der Waals surface area contributed by atoms with E-state index in [4.69, 9.17) is 5.73 Å². The van der Waals surface area contributed by atoms with E-state index in [0.717, 1.165) is 0 Å². The molecule has 2 amide bonds. The van der Waals surface area contributed by atoms with E-state index in [1.165, 1.54) is 6.20 Å². The zero-order valence-electron chi connectivity index (χ0n) is 11.7. The Morgan fingerprint density at radius 3 is 2.76 bits per heavy atom. The first kappa shape index (κ1) is 14.6. The van der Waals surface area contributed by atoms with Gasteiger partial charge in [0.25, 0.3) is 0 Å². The number of fused-ring (bicyclic) bond motifs is 1.